The summed E-state index contributed by atoms with van der Waals surface area (Å²) >= 11 is 5.77. The van der Waals surface area contributed by atoms with Gasteiger partial charge in [0.25, 0.3) is 0 Å². The maximum absolute atomic E-state index is 13.2. The fourth-order valence-electron chi connectivity index (χ4n) is 3.18. The van der Waals surface area contributed by atoms with E-state index in [1.165, 1.54) is 18.2 Å². The molecule has 1 N–H and O–H groups in total. The number of nitrogens with zero attached hydrogens (tertiary/aromatic N) is 2. The van der Waals surface area contributed by atoms with E-state index in [-0.39, 0.29) is 17.1 Å². The lowest BCUT2D eigenvalue weighted by Crippen LogP contribution is -2.34. The van der Waals surface area contributed by atoms with Gasteiger partial charge in [0.2, 0.25) is 0 Å². The molecule has 0 spiro atoms. The molecule has 0 unspecified atom stereocenters. The quantitative estimate of drug-likeness (QED) is 0.871. The van der Waals surface area contributed by atoms with Crippen LogP contribution in [0.3, 0.4) is 0 Å². The fourth-order valence-corrected chi connectivity index (χ4v) is 3.37. The zero-order chi connectivity index (χ0) is 17.3. The first-order chi connectivity index (χ1) is 11.5. The number of rotatable bonds is 3. The number of aromatic nitrogens is 1. The van der Waals surface area contributed by atoms with Crippen molar-refractivity contribution in [1.82, 2.24) is 10.1 Å². The number of likely N-dealkylation sites (tertiary alicyclic amines) is 1. The minimum atomic E-state index is -0.513. The molecule has 0 saturated carbocycles. The number of aryl methyl sites for hydroxylation is 2. The van der Waals surface area contributed by atoms with Crippen molar-refractivity contribution in [2.24, 2.45) is 0 Å². The zero-order valence-corrected chi connectivity index (χ0v) is 14.4. The minimum Gasteiger partial charge on any atom is -0.361 e. The number of carbonyl (C=O) groups excluding carboxylic acids is 1. The maximum atomic E-state index is 13.2. The van der Waals surface area contributed by atoms with Crippen molar-refractivity contribution in [3.63, 3.8) is 0 Å². The normalized spacial score (nSPS) is 17.3. The fraction of sp³-hybridized carbons (Fsp3) is 0.412. The van der Waals surface area contributed by atoms with E-state index in [0.717, 1.165) is 36.3 Å². The zero-order valence-electron chi connectivity index (χ0n) is 13.6. The third-order valence-electron chi connectivity index (χ3n) is 4.32. The van der Waals surface area contributed by atoms with Crippen molar-refractivity contribution >= 4 is 23.3 Å². The van der Waals surface area contributed by atoms with Gasteiger partial charge < -0.3 is 14.7 Å². The molecule has 128 valence electrons. The van der Waals surface area contributed by atoms with E-state index in [2.05, 4.69) is 10.5 Å². The SMILES string of the molecule is CCc1onc(C)c1[C@@H]1CCCN1C(=O)Nc1ccc(F)c(Cl)c1. The molecule has 1 atom stereocenters. The van der Waals surface area contributed by atoms with Crippen molar-refractivity contribution < 1.29 is 13.7 Å². The second kappa shape index (κ2) is 6.81. The second-order valence-electron chi connectivity index (χ2n) is 5.87. The van der Waals surface area contributed by atoms with Gasteiger partial charge in [-0.15, -0.1) is 0 Å². The first-order valence-electron chi connectivity index (χ1n) is 7.99. The van der Waals surface area contributed by atoms with E-state index in [4.69, 9.17) is 16.1 Å². The molecular formula is C17H19ClFN3O2. The Morgan fingerprint density at radius 1 is 1.54 bits per heavy atom. The third-order valence-corrected chi connectivity index (χ3v) is 4.61. The van der Waals surface area contributed by atoms with Crippen LogP contribution in [0.25, 0.3) is 0 Å². The number of nitrogens with one attached hydrogen (secondary N) is 1. The molecule has 7 heteroatoms. The van der Waals surface area contributed by atoms with E-state index < -0.39 is 5.82 Å². The van der Waals surface area contributed by atoms with Crippen molar-refractivity contribution in [2.75, 3.05) is 11.9 Å². The van der Waals surface area contributed by atoms with Gasteiger partial charge in [0.15, 0.2) is 0 Å². The lowest BCUT2D eigenvalue weighted by atomic mass is 10.0. The first kappa shape index (κ1) is 16.8. The lowest BCUT2D eigenvalue weighted by Gasteiger charge is -2.25. The molecule has 1 aromatic heterocycles. The van der Waals surface area contributed by atoms with Crippen molar-refractivity contribution in [3.8, 4) is 0 Å². The van der Waals surface area contributed by atoms with E-state index in [9.17, 15) is 9.18 Å². The number of carbonyl (C=O) groups is 1. The lowest BCUT2D eigenvalue weighted by molar-refractivity contribution is 0.206. The summed E-state index contributed by atoms with van der Waals surface area (Å²) in [5.74, 6) is 0.309. The van der Waals surface area contributed by atoms with Crippen LogP contribution in [0.2, 0.25) is 5.02 Å². The molecule has 0 aliphatic carbocycles. The molecule has 1 aliphatic rings. The van der Waals surface area contributed by atoms with Gasteiger partial charge in [-0.1, -0.05) is 23.7 Å². The number of anilines is 1. The Morgan fingerprint density at radius 3 is 3.04 bits per heavy atom. The standard InChI is InChI=1S/C17H19ClFN3O2/c1-3-15-16(10(2)21-24-15)14-5-4-8-22(14)17(23)20-11-6-7-13(19)12(18)9-11/h6-7,9,14H,3-5,8H2,1-2H3,(H,20,23)/t14-/m0/s1. The first-order valence-corrected chi connectivity index (χ1v) is 8.36. The largest absolute Gasteiger partial charge is 0.361 e. The summed E-state index contributed by atoms with van der Waals surface area (Å²) in [5, 5.41) is 6.80. The molecule has 2 amide bonds. The van der Waals surface area contributed by atoms with E-state index >= 15 is 0 Å². The summed E-state index contributed by atoms with van der Waals surface area (Å²) in [4.78, 5) is 14.4. The summed E-state index contributed by atoms with van der Waals surface area (Å²) < 4.78 is 18.6. The maximum Gasteiger partial charge on any atom is 0.322 e. The Morgan fingerprint density at radius 2 is 2.33 bits per heavy atom. The Labute approximate surface area is 144 Å². The van der Waals surface area contributed by atoms with Crippen LogP contribution in [0.15, 0.2) is 22.7 Å². The predicted molar refractivity (Wildman–Crippen MR) is 89.7 cm³/mol. The number of hydrogen-bond acceptors (Lipinski definition) is 3. The second-order valence-corrected chi connectivity index (χ2v) is 6.28. The summed E-state index contributed by atoms with van der Waals surface area (Å²) in [6, 6.07) is 3.84. The molecule has 5 nitrogen and oxygen atoms in total. The van der Waals surface area contributed by atoms with Crippen molar-refractivity contribution in [2.45, 2.75) is 39.2 Å². The summed E-state index contributed by atoms with van der Waals surface area (Å²) in [7, 11) is 0. The van der Waals surface area contributed by atoms with E-state index in [1.54, 1.807) is 4.90 Å². The summed E-state index contributed by atoms with van der Waals surface area (Å²) in [6.45, 7) is 4.55. The molecule has 3 rings (SSSR count). The number of benzene rings is 1. The van der Waals surface area contributed by atoms with Crippen LogP contribution in [0.5, 0.6) is 0 Å². The molecule has 24 heavy (non-hydrogen) atoms. The van der Waals surface area contributed by atoms with Crippen molar-refractivity contribution in [1.29, 1.82) is 0 Å². The average molecular weight is 352 g/mol. The Balaban J connectivity index is 1.81. The third kappa shape index (κ3) is 3.11. The highest BCUT2D eigenvalue weighted by Gasteiger charge is 2.34. The molecule has 0 radical (unpaired) electrons. The van der Waals surface area contributed by atoms with Gasteiger partial charge in [-0.05, 0) is 38.0 Å². The molecule has 0 bridgehead atoms. The molecule has 1 fully saturated rings. The van der Waals surface area contributed by atoms with Crippen LogP contribution in [-0.2, 0) is 6.42 Å². The van der Waals surface area contributed by atoms with Crippen molar-refractivity contribution in [3.05, 3.63) is 46.1 Å². The highest BCUT2D eigenvalue weighted by molar-refractivity contribution is 6.31. The van der Waals surface area contributed by atoms with Gasteiger partial charge in [0.05, 0.1) is 16.8 Å². The minimum absolute atomic E-state index is 0.0195. The highest BCUT2D eigenvalue weighted by Crippen LogP contribution is 2.36. The Kier molecular flexibility index (Phi) is 4.76. The van der Waals surface area contributed by atoms with Gasteiger partial charge in [0, 0.05) is 24.2 Å². The van der Waals surface area contributed by atoms with Gasteiger partial charge in [-0.2, -0.15) is 0 Å². The van der Waals surface area contributed by atoms with Crippen LogP contribution < -0.4 is 5.32 Å². The smallest absolute Gasteiger partial charge is 0.322 e. The molecule has 2 heterocycles. The van der Waals surface area contributed by atoms with Gasteiger partial charge in [0.1, 0.15) is 11.6 Å². The molecule has 1 saturated heterocycles. The van der Waals surface area contributed by atoms with E-state index in [1.807, 2.05) is 13.8 Å². The van der Waals surface area contributed by atoms with Crippen LogP contribution in [0.1, 0.15) is 42.8 Å². The van der Waals surface area contributed by atoms with Gasteiger partial charge in [-0.25, -0.2) is 9.18 Å². The predicted octanol–water partition coefficient (Wildman–Crippen LogP) is 4.71. The Bertz CT molecular complexity index is 762. The number of urea groups is 1. The molecule has 1 aromatic carbocycles. The van der Waals surface area contributed by atoms with Gasteiger partial charge >= 0.3 is 6.03 Å². The van der Waals surface area contributed by atoms with Crippen LogP contribution >= 0.6 is 11.6 Å². The van der Waals surface area contributed by atoms with Crippen LogP contribution in [0, 0.1) is 12.7 Å². The molecule has 1 aliphatic heterocycles. The van der Waals surface area contributed by atoms with E-state index in [0.29, 0.717) is 12.2 Å². The number of amides is 2. The molecular weight excluding hydrogens is 333 g/mol. The number of hydrogen-bond donors (Lipinski definition) is 1. The summed E-state index contributed by atoms with van der Waals surface area (Å²) in [5.41, 5.74) is 2.29. The highest BCUT2D eigenvalue weighted by atomic mass is 35.5. The Hall–Kier alpha value is -2.08. The van der Waals surface area contributed by atoms with Gasteiger partial charge in [-0.3, -0.25) is 0 Å². The monoisotopic (exact) mass is 351 g/mol. The summed E-state index contributed by atoms with van der Waals surface area (Å²) in [6.07, 6.45) is 2.51. The van der Waals surface area contributed by atoms with Crippen LogP contribution in [0.4, 0.5) is 14.9 Å². The van der Waals surface area contributed by atoms with Crippen LogP contribution in [-0.4, -0.2) is 22.6 Å². The number of halogens is 2. The molecule has 2 aromatic rings. The topological polar surface area (TPSA) is 58.4 Å². The average Bonchev–Trinajstić information content (AvgIpc) is 3.16.